The van der Waals surface area contributed by atoms with Crippen molar-refractivity contribution in [1.29, 1.82) is 0 Å². The predicted molar refractivity (Wildman–Crippen MR) is 92.2 cm³/mol. The minimum atomic E-state index is -1.25. The zero-order chi connectivity index (χ0) is 18.4. The van der Waals surface area contributed by atoms with Gasteiger partial charge >= 0.3 is 0 Å². The quantitative estimate of drug-likeness (QED) is 0.553. The summed E-state index contributed by atoms with van der Waals surface area (Å²) in [6, 6.07) is 14.7. The molecule has 1 heterocycles. The number of hydrogen-bond donors (Lipinski definition) is 1. The summed E-state index contributed by atoms with van der Waals surface area (Å²) in [5.74, 6) is -3.81. The summed E-state index contributed by atoms with van der Waals surface area (Å²) in [5.41, 5.74) is 6.90. The van der Waals surface area contributed by atoms with Crippen LogP contribution in [0, 0.1) is 23.5 Å². The monoisotopic (exact) mass is 353 g/mol. The van der Waals surface area contributed by atoms with Crippen molar-refractivity contribution in [2.75, 3.05) is 0 Å². The largest absolute Gasteiger partial charge is 0.366 e. The number of benzene rings is 3. The fourth-order valence-electron chi connectivity index (χ4n) is 3.28. The molecule has 3 nitrogen and oxygen atoms in total. The first-order valence-corrected chi connectivity index (χ1v) is 7.82. The van der Waals surface area contributed by atoms with Gasteiger partial charge in [-0.25, -0.2) is 13.2 Å². The van der Waals surface area contributed by atoms with E-state index in [9.17, 15) is 18.0 Å². The lowest BCUT2D eigenvalue weighted by Crippen LogP contribution is -2.11. The molecule has 0 atom stereocenters. The number of aromatic nitrogens is 1. The van der Waals surface area contributed by atoms with Crippen LogP contribution in [0.4, 0.5) is 13.2 Å². The summed E-state index contributed by atoms with van der Waals surface area (Å²) >= 11 is 0. The van der Waals surface area contributed by atoms with Crippen LogP contribution in [0.5, 0.6) is 0 Å². The molecule has 1 radical (unpaired) electrons. The number of amides is 1. The Hall–Kier alpha value is -3.28. The second-order valence-electron chi connectivity index (χ2n) is 5.94. The average Bonchev–Trinajstić information content (AvgIpc) is 2.93. The highest BCUT2D eigenvalue weighted by atomic mass is 19.2. The first-order chi connectivity index (χ1) is 12.5. The van der Waals surface area contributed by atoms with Crippen LogP contribution < -0.4 is 5.73 Å². The number of carbonyl (C=O) groups is 1. The minimum Gasteiger partial charge on any atom is -0.366 e. The van der Waals surface area contributed by atoms with Crippen molar-refractivity contribution in [3.05, 3.63) is 83.2 Å². The first kappa shape index (κ1) is 16.2. The van der Waals surface area contributed by atoms with Crippen LogP contribution in [0.1, 0.15) is 15.9 Å². The lowest BCUT2D eigenvalue weighted by molar-refractivity contribution is 0.100. The lowest BCUT2D eigenvalue weighted by atomic mass is 10.1. The summed E-state index contributed by atoms with van der Waals surface area (Å²) < 4.78 is 43.0. The van der Waals surface area contributed by atoms with E-state index >= 15 is 0 Å². The molecule has 4 rings (SSSR count). The number of halogens is 3. The number of hydrogen-bond acceptors (Lipinski definition) is 1. The zero-order valence-corrected chi connectivity index (χ0v) is 13.4. The first-order valence-electron chi connectivity index (χ1n) is 7.82. The maximum Gasteiger partial charge on any atom is 0.249 e. The number of carbonyl (C=O) groups excluding carboxylic acids is 1. The SMILES string of the molecule is NC(=O)c1cccc2c1c1[c]cccc1n2Cc1cc(F)cc(F)c1F. The third-order valence-electron chi connectivity index (χ3n) is 4.37. The van der Waals surface area contributed by atoms with Gasteiger partial charge in [0.2, 0.25) is 5.91 Å². The molecule has 6 heteroatoms. The number of nitrogens with zero attached hydrogens (tertiary/aromatic N) is 1. The molecule has 3 aromatic carbocycles. The highest BCUT2D eigenvalue weighted by molar-refractivity contribution is 6.17. The third-order valence-corrected chi connectivity index (χ3v) is 4.37. The van der Waals surface area contributed by atoms with Gasteiger partial charge in [-0.3, -0.25) is 4.79 Å². The molecule has 0 aliphatic carbocycles. The molecule has 129 valence electrons. The topological polar surface area (TPSA) is 48.0 Å². The Morgan fingerprint density at radius 3 is 2.62 bits per heavy atom. The van der Waals surface area contributed by atoms with Crippen LogP contribution in [0.2, 0.25) is 0 Å². The van der Waals surface area contributed by atoms with Crippen LogP contribution in [-0.2, 0) is 6.54 Å². The van der Waals surface area contributed by atoms with Crippen LogP contribution in [0.15, 0.2) is 48.5 Å². The fourth-order valence-corrected chi connectivity index (χ4v) is 3.28. The third kappa shape index (κ3) is 2.42. The van der Waals surface area contributed by atoms with E-state index < -0.39 is 23.4 Å². The highest BCUT2D eigenvalue weighted by Gasteiger charge is 2.18. The molecule has 0 spiro atoms. The molecule has 1 amide bonds. The van der Waals surface area contributed by atoms with E-state index in [2.05, 4.69) is 6.07 Å². The van der Waals surface area contributed by atoms with E-state index in [1.54, 1.807) is 41.0 Å². The normalized spacial score (nSPS) is 11.3. The summed E-state index contributed by atoms with van der Waals surface area (Å²) in [4.78, 5) is 11.8. The smallest absolute Gasteiger partial charge is 0.249 e. The predicted octanol–water partition coefficient (Wildman–Crippen LogP) is 4.16. The second kappa shape index (κ2) is 5.91. The van der Waals surface area contributed by atoms with Gasteiger partial charge in [-0.05, 0) is 30.3 Å². The molecule has 0 aliphatic rings. The van der Waals surface area contributed by atoms with Gasteiger partial charge in [0.1, 0.15) is 5.82 Å². The summed E-state index contributed by atoms with van der Waals surface area (Å²) in [7, 11) is 0. The maximum absolute atomic E-state index is 14.1. The van der Waals surface area contributed by atoms with Crippen molar-refractivity contribution in [1.82, 2.24) is 4.57 Å². The molecule has 0 fully saturated rings. The molecule has 0 saturated heterocycles. The molecule has 0 aliphatic heterocycles. The van der Waals surface area contributed by atoms with E-state index in [0.717, 1.165) is 6.07 Å². The van der Waals surface area contributed by atoms with E-state index in [0.29, 0.717) is 33.4 Å². The molecule has 0 bridgehead atoms. The van der Waals surface area contributed by atoms with E-state index in [4.69, 9.17) is 5.73 Å². The van der Waals surface area contributed by atoms with Crippen molar-refractivity contribution < 1.29 is 18.0 Å². The van der Waals surface area contributed by atoms with Gasteiger partial charge in [-0.1, -0.05) is 18.2 Å². The van der Waals surface area contributed by atoms with Gasteiger partial charge in [0.05, 0.1) is 17.6 Å². The Balaban J connectivity index is 2.04. The molecule has 1 aromatic heterocycles. The Morgan fingerprint density at radius 2 is 1.85 bits per heavy atom. The maximum atomic E-state index is 14.1. The summed E-state index contributed by atoms with van der Waals surface area (Å²) in [6.45, 7) is -0.111. The van der Waals surface area contributed by atoms with Crippen molar-refractivity contribution in [3.63, 3.8) is 0 Å². The van der Waals surface area contributed by atoms with Crippen LogP contribution in [0.25, 0.3) is 21.8 Å². The van der Waals surface area contributed by atoms with Crippen LogP contribution in [0.3, 0.4) is 0 Å². The Bertz CT molecular complexity index is 1180. The summed E-state index contributed by atoms with van der Waals surface area (Å²) in [6.07, 6.45) is 0. The Kier molecular flexibility index (Phi) is 3.68. The van der Waals surface area contributed by atoms with Crippen molar-refractivity contribution in [3.8, 4) is 0 Å². The zero-order valence-electron chi connectivity index (χ0n) is 13.4. The van der Waals surface area contributed by atoms with Crippen LogP contribution >= 0.6 is 0 Å². The molecule has 0 unspecified atom stereocenters. The van der Waals surface area contributed by atoms with E-state index in [1.165, 1.54) is 0 Å². The van der Waals surface area contributed by atoms with Gasteiger partial charge in [0.25, 0.3) is 0 Å². The molecule has 4 aromatic rings. The number of primary amides is 1. The van der Waals surface area contributed by atoms with Gasteiger partial charge in [-0.15, -0.1) is 0 Å². The highest BCUT2D eigenvalue weighted by Crippen LogP contribution is 2.32. The standard InChI is InChI=1S/C20H12F3N2O/c21-12-8-11(19(23)15(22)9-12)10-25-16-6-2-1-4-13(16)18-14(20(24)26)5-3-7-17(18)25/h1-3,5-9H,10H2,(H2,24,26). The molecular formula is C20H12F3N2O. The van der Waals surface area contributed by atoms with Crippen molar-refractivity contribution >= 4 is 27.7 Å². The molecular weight excluding hydrogens is 341 g/mol. The lowest BCUT2D eigenvalue weighted by Gasteiger charge is -2.10. The Labute approximate surface area is 146 Å². The molecule has 26 heavy (non-hydrogen) atoms. The fraction of sp³-hybridized carbons (Fsp3) is 0.0500. The number of nitrogens with two attached hydrogens (primary N) is 1. The van der Waals surface area contributed by atoms with Gasteiger partial charge in [0, 0.05) is 28.0 Å². The van der Waals surface area contributed by atoms with Gasteiger partial charge in [-0.2, -0.15) is 0 Å². The average molecular weight is 353 g/mol. The molecule has 0 saturated carbocycles. The van der Waals surface area contributed by atoms with Crippen molar-refractivity contribution in [2.24, 2.45) is 5.73 Å². The van der Waals surface area contributed by atoms with Gasteiger partial charge in [0.15, 0.2) is 11.6 Å². The van der Waals surface area contributed by atoms with E-state index in [-0.39, 0.29) is 12.1 Å². The van der Waals surface area contributed by atoms with E-state index in [1.807, 2.05) is 0 Å². The van der Waals surface area contributed by atoms with Crippen molar-refractivity contribution in [2.45, 2.75) is 6.54 Å². The Morgan fingerprint density at radius 1 is 1.08 bits per heavy atom. The number of fused-ring (bicyclic) bond motifs is 3. The second-order valence-corrected chi connectivity index (χ2v) is 5.94. The van der Waals surface area contributed by atoms with Crippen LogP contribution in [-0.4, -0.2) is 10.5 Å². The minimum absolute atomic E-state index is 0.111. The summed E-state index contributed by atoms with van der Waals surface area (Å²) in [5, 5.41) is 1.21. The molecule has 2 N–H and O–H groups in total. The van der Waals surface area contributed by atoms with Gasteiger partial charge < -0.3 is 10.3 Å². The number of rotatable bonds is 3.